The first kappa shape index (κ1) is 18.8. The Balaban J connectivity index is 2.33. The molecule has 8 heteroatoms. The number of hydrogen-bond donors (Lipinski definition) is 2. The lowest BCUT2D eigenvalue weighted by Crippen LogP contribution is -2.31. The minimum absolute atomic E-state index is 0.00700. The highest BCUT2D eigenvalue weighted by atomic mass is 35.5. The number of rotatable bonds is 7. The van der Waals surface area contributed by atoms with Gasteiger partial charge in [-0.2, -0.15) is 0 Å². The van der Waals surface area contributed by atoms with Gasteiger partial charge in [0.15, 0.2) is 11.5 Å². The third-order valence-corrected chi connectivity index (χ3v) is 4.11. The van der Waals surface area contributed by atoms with Crippen molar-refractivity contribution in [2.75, 3.05) is 26.1 Å². The molecule has 1 unspecified atom stereocenters. The van der Waals surface area contributed by atoms with Crippen LogP contribution in [0.4, 0.5) is 11.4 Å². The number of nitrogens with zero attached hydrogens (tertiary/aromatic N) is 1. The van der Waals surface area contributed by atoms with E-state index in [-0.39, 0.29) is 23.7 Å². The molecule has 2 aromatic carbocycles. The first-order valence-electron chi connectivity index (χ1n) is 7.42. The summed E-state index contributed by atoms with van der Waals surface area (Å²) >= 11 is 6.13. The van der Waals surface area contributed by atoms with Gasteiger partial charge in [0.05, 0.1) is 25.2 Å². The van der Waals surface area contributed by atoms with Crippen LogP contribution in [0.2, 0.25) is 5.02 Å². The Hall–Kier alpha value is -2.51. The van der Waals surface area contributed by atoms with Crippen molar-refractivity contribution in [1.29, 1.82) is 0 Å². The normalized spacial score (nSPS) is 13.0. The van der Waals surface area contributed by atoms with Crippen LogP contribution in [0.15, 0.2) is 36.4 Å². The number of nitro groups is 1. The summed E-state index contributed by atoms with van der Waals surface area (Å²) in [5.74, 6) is 0.589. The maximum atomic E-state index is 11.3. The Labute approximate surface area is 150 Å². The number of anilines is 1. The summed E-state index contributed by atoms with van der Waals surface area (Å²) < 4.78 is 10.3. The Bertz CT molecular complexity index is 780. The Morgan fingerprint density at radius 3 is 2.40 bits per heavy atom. The summed E-state index contributed by atoms with van der Waals surface area (Å²) in [5.41, 5.74) is -0.797. The van der Waals surface area contributed by atoms with E-state index in [1.165, 1.54) is 26.4 Å². The van der Waals surface area contributed by atoms with Crippen LogP contribution in [-0.4, -0.2) is 30.8 Å². The molecule has 0 saturated carbocycles. The highest BCUT2D eigenvalue weighted by Gasteiger charge is 2.27. The van der Waals surface area contributed by atoms with E-state index in [1.54, 1.807) is 31.2 Å². The van der Waals surface area contributed by atoms with Crippen LogP contribution in [0.1, 0.15) is 12.5 Å². The van der Waals surface area contributed by atoms with Crippen molar-refractivity contribution in [3.63, 3.8) is 0 Å². The maximum absolute atomic E-state index is 11.3. The highest BCUT2D eigenvalue weighted by molar-refractivity contribution is 6.31. The van der Waals surface area contributed by atoms with Gasteiger partial charge in [-0.3, -0.25) is 10.1 Å². The summed E-state index contributed by atoms with van der Waals surface area (Å²) in [6.07, 6.45) is 0. The Morgan fingerprint density at radius 2 is 1.84 bits per heavy atom. The minimum atomic E-state index is -1.33. The number of methoxy groups -OCH3 is 2. The number of ether oxygens (including phenoxy) is 2. The van der Waals surface area contributed by atoms with E-state index in [4.69, 9.17) is 21.1 Å². The zero-order valence-electron chi connectivity index (χ0n) is 14.1. The second-order valence-corrected chi connectivity index (χ2v) is 6.00. The van der Waals surface area contributed by atoms with E-state index >= 15 is 0 Å². The van der Waals surface area contributed by atoms with E-state index in [0.717, 1.165) is 0 Å². The smallest absolute Gasteiger partial charge is 0.296 e. The molecule has 0 aliphatic carbocycles. The van der Waals surface area contributed by atoms with Gasteiger partial charge in [-0.25, -0.2) is 0 Å². The molecule has 2 aromatic rings. The van der Waals surface area contributed by atoms with Crippen LogP contribution < -0.4 is 14.8 Å². The Kier molecular flexibility index (Phi) is 5.71. The van der Waals surface area contributed by atoms with E-state index in [0.29, 0.717) is 16.3 Å². The van der Waals surface area contributed by atoms with Gasteiger partial charge in [-0.15, -0.1) is 0 Å². The molecule has 0 radical (unpaired) electrons. The fraction of sp³-hybridized carbons (Fsp3) is 0.294. The van der Waals surface area contributed by atoms with Crippen LogP contribution in [0, 0.1) is 10.1 Å². The monoisotopic (exact) mass is 366 g/mol. The second kappa shape index (κ2) is 7.58. The molecule has 0 bridgehead atoms. The SMILES string of the molecule is COc1cc(NCC(C)(O)c2ccccc2Cl)c([N+](=O)[O-])cc1OC. The second-order valence-electron chi connectivity index (χ2n) is 5.59. The predicted molar refractivity (Wildman–Crippen MR) is 95.7 cm³/mol. The maximum Gasteiger partial charge on any atom is 0.296 e. The van der Waals surface area contributed by atoms with E-state index in [1.807, 2.05) is 0 Å². The molecule has 0 aromatic heterocycles. The first-order chi connectivity index (χ1) is 11.8. The van der Waals surface area contributed by atoms with Gasteiger partial charge in [-0.1, -0.05) is 29.8 Å². The van der Waals surface area contributed by atoms with Gasteiger partial charge in [0.25, 0.3) is 5.69 Å². The van der Waals surface area contributed by atoms with Crippen molar-refractivity contribution in [1.82, 2.24) is 0 Å². The number of nitro benzene ring substituents is 1. The van der Waals surface area contributed by atoms with Crippen LogP contribution >= 0.6 is 11.6 Å². The highest BCUT2D eigenvalue weighted by Crippen LogP contribution is 2.38. The molecule has 0 aliphatic rings. The summed E-state index contributed by atoms with van der Waals surface area (Å²) in [7, 11) is 2.84. The van der Waals surface area contributed by atoms with Gasteiger partial charge in [0.2, 0.25) is 0 Å². The lowest BCUT2D eigenvalue weighted by molar-refractivity contribution is -0.384. The van der Waals surface area contributed by atoms with Crippen LogP contribution in [0.5, 0.6) is 11.5 Å². The lowest BCUT2D eigenvalue weighted by Gasteiger charge is -2.26. The number of aliphatic hydroxyl groups is 1. The van der Waals surface area contributed by atoms with Crippen LogP contribution in [0.25, 0.3) is 0 Å². The van der Waals surface area contributed by atoms with Gasteiger partial charge in [-0.05, 0) is 13.0 Å². The van der Waals surface area contributed by atoms with E-state index in [2.05, 4.69) is 5.32 Å². The lowest BCUT2D eigenvalue weighted by atomic mass is 9.96. The molecule has 7 nitrogen and oxygen atoms in total. The van der Waals surface area contributed by atoms with Crippen LogP contribution in [-0.2, 0) is 5.60 Å². The molecule has 25 heavy (non-hydrogen) atoms. The molecule has 0 fully saturated rings. The van der Waals surface area contributed by atoms with Gasteiger partial charge < -0.3 is 19.9 Å². The van der Waals surface area contributed by atoms with Crippen molar-refractivity contribution in [3.8, 4) is 11.5 Å². The summed E-state index contributed by atoms with van der Waals surface area (Å²) in [6, 6.07) is 9.62. The zero-order chi connectivity index (χ0) is 18.6. The number of benzene rings is 2. The number of hydrogen-bond acceptors (Lipinski definition) is 6. The largest absolute Gasteiger partial charge is 0.493 e. The fourth-order valence-corrected chi connectivity index (χ4v) is 2.76. The molecule has 0 heterocycles. The van der Waals surface area contributed by atoms with Crippen molar-refractivity contribution < 1.29 is 19.5 Å². The van der Waals surface area contributed by atoms with Crippen molar-refractivity contribution in [2.45, 2.75) is 12.5 Å². The minimum Gasteiger partial charge on any atom is -0.493 e. The molecule has 2 N–H and O–H groups in total. The fourth-order valence-electron chi connectivity index (χ4n) is 2.42. The molecule has 0 saturated heterocycles. The van der Waals surface area contributed by atoms with E-state index < -0.39 is 10.5 Å². The molecular weight excluding hydrogens is 348 g/mol. The molecule has 134 valence electrons. The molecule has 0 amide bonds. The topological polar surface area (TPSA) is 93.9 Å². The first-order valence-corrected chi connectivity index (χ1v) is 7.79. The van der Waals surface area contributed by atoms with Crippen molar-refractivity contribution in [3.05, 3.63) is 57.1 Å². The Morgan fingerprint density at radius 1 is 1.24 bits per heavy atom. The number of halogens is 1. The molecule has 2 rings (SSSR count). The summed E-state index contributed by atoms with van der Waals surface area (Å²) in [6.45, 7) is 1.58. The average molecular weight is 367 g/mol. The van der Waals surface area contributed by atoms with Crippen LogP contribution in [0.3, 0.4) is 0 Å². The molecule has 1 atom stereocenters. The van der Waals surface area contributed by atoms with Gasteiger partial charge in [0.1, 0.15) is 11.3 Å². The van der Waals surface area contributed by atoms with Gasteiger partial charge >= 0.3 is 0 Å². The summed E-state index contributed by atoms with van der Waals surface area (Å²) in [4.78, 5) is 10.8. The van der Waals surface area contributed by atoms with Crippen molar-refractivity contribution in [2.24, 2.45) is 0 Å². The zero-order valence-corrected chi connectivity index (χ0v) is 14.8. The predicted octanol–water partition coefficient (Wildman–Crippen LogP) is 3.59. The van der Waals surface area contributed by atoms with Gasteiger partial charge in [0, 0.05) is 23.2 Å². The summed E-state index contributed by atoms with van der Waals surface area (Å²) in [5, 5.41) is 25.3. The quantitative estimate of drug-likeness (QED) is 0.574. The average Bonchev–Trinajstić information content (AvgIpc) is 2.59. The van der Waals surface area contributed by atoms with Crippen molar-refractivity contribution >= 4 is 23.0 Å². The molecule has 0 aliphatic heterocycles. The number of nitrogens with one attached hydrogen (secondary N) is 1. The third-order valence-electron chi connectivity index (χ3n) is 3.78. The third kappa shape index (κ3) is 4.12. The molecule has 0 spiro atoms. The molecular formula is C17H19ClN2O5. The van der Waals surface area contributed by atoms with E-state index in [9.17, 15) is 15.2 Å². The standard InChI is InChI=1S/C17H19ClN2O5/c1-17(21,11-6-4-5-7-12(11)18)10-19-13-8-15(24-2)16(25-3)9-14(13)20(22)23/h4-9,19,21H,10H2,1-3H3.